The first-order valence-corrected chi connectivity index (χ1v) is 13.0. The molecule has 190 valence electrons. The largest absolute Gasteiger partial charge is 0.497 e. The third-order valence-corrected chi connectivity index (χ3v) is 7.85. The van der Waals surface area contributed by atoms with E-state index in [-0.39, 0.29) is 19.0 Å². The Morgan fingerprint density at radius 1 is 1.06 bits per heavy atom. The molecule has 1 aromatic carbocycles. The Labute approximate surface area is 215 Å². The summed E-state index contributed by atoms with van der Waals surface area (Å²) in [5, 5.41) is 5.27. The van der Waals surface area contributed by atoms with Gasteiger partial charge in [0.15, 0.2) is 5.78 Å². The highest BCUT2D eigenvalue weighted by molar-refractivity contribution is 7.10. The van der Waals surface area contributed by atoms with Gasteiger partial charge in [-0.25, -0.2) is 4.79 Å². The van der Waals surface area contributed by atoms with Crippen LogP contribution in [0.3, 0.4) is 0 Å². The standard InChI is InChI=1S/C28H31NO6S/c1-6-34-27(31)21-16(4)29-20-14-19(17-8-10-18(33-5)11-9-17)22(28(32)35-7-2)25(30)23(20)24(21)26-15(3)12-13-36-26/h8-13,19,22,24,29H,6-7,14H2,1-5H3. The zero-order valence-corrected chi connectivity index (χ0v) is 22.0. The van der Waals surface area contributed by atoms with Crippen molar-refractivity contribution in [1.82, 2.24) is 5.32 Å². The lowest BCUT2D eigenvalue weighted by Crippen LogP contribution is -2.43. The molecule has 1 aliphatic carbocycles. The number of methoxy groups -OCH3 is 1. The number of thiophene rings is 1. The topological polar surface area (TPSA) is 90.9 Å². The fourth-order valence-electron chi connectivity index (χ4n) is 5.12. The van der Waals surface area contributed by atoms with Crippen LogP contribution in [-0.2, 0) is 23.9 Å². The second-order valence-electron chi connectivity index (χ2n) is 8.85. The fourth-order valence-corrected chi connectivity index (χ4v) is 6.17. The van der Waals surface area contributed by atoms with E-state index < -0.39 is 29.7 Å². The van der Waals surface area contributed by atoms with Crippen molar-refractivity contribution in [2.75, 3.05) is 20.3 Å². The third-order valence-electron chi connectivity index (χ3n) is 6.76. The highest BCUT2D eigenvalue weighted by Crippen LogP contribution is 2.49. The molecule has 1 aromatic heterocycles. The predicted molar refractivity (Wildman–Crippen MR) is 137 cm³/mol. The van der Waals surface area contributed by atoms with E-state index in [1.54, 1.807) is 21.0 Å². The maximum atomic E-state index is 14.2. The van der Waals surface area contributed by atoms with Crippen LogP contribution in [-0.4, -0.2) is 38.0 Å². The summed E-state index contributed by atoms with van der Waals surface area (Å²) in [7, 11) is 1.59. The molecule has 3 unspecified atom stereocenters. The van der Waals surface area contributed by atoms with Crippen LogP contribution in [0.2, 0.25) is 0 Å². The summed E-state index contributed by atoms with van der Waals surface area (Å²) < 4.78 is 16.1. The molecule has 1 N–H and O–H groups in total. The average Bonchev–Trinajstić information content (AvgIpc) is 3.28. The van der Waals surface area contributed by atoms with Gasteiger partial charge in [0.05, 0.1) is 31.8 Å². The van der Waals surface area contributed by atoms with Crippen molar-refractivity contribution >= 4 is 29.1 Å². The number of benzene rings is 1. The molecule has 1 aliphatic heterocycles. The lowest BCUT2D eigenvalue weighted by Gasteiger charge is -2.39. The summed E-state index contributed by atoms with van der Waals surface area (Å²) in [5.41, 5.74) is 4.05. The lowest BCUT2D eigenvalue weighted by molar-refractivity contribution is -0.152. The van der Waals surface area contributed by atoms with Gasteiger partial charge >= 0.3 is 11.9 Å². The minimum atomic E-state index is -1.02. The number of hydrogen-bond donors (Lipinski definition) is 1. The van der Waals surface area contributed by atoms with Crippen molar-refractivity contribution in [3.63, 3.8) is 0 Å². The SMILES string of the molecule is CCOC(=O)C1=C(C)NC2=C(C(=O)C(C(=O)OCC)C(c3ccc(OC)cc3)C2)C1c1sccc1C. The van der Waals surface area contributed by atoms with Crippen LogP contribution in [0.5, 0.6) is 5.75 Å². The normalized spacial score (nSPS) is 21.6. The molecule has 3 atom stereocenters. The third kappa shape index (κ3) is 4.57. The number of carbonyl (C=O) groups is 3. The molecule has 2 heterocycles. The van der Waals surface area contributed by atoms with Crippen LogP contribution >= 0.6 is 11.3 Å². The fraction of sp³-hybridized carbons (Fsp3) is 0.393. The predicted octanol–water partition coefficient (Wildman–Crippen LogP) is 4.78. The number of aryl methyl sites for hydroxylation is 1. The van der Waals surface area contributed by atoms with Crippen LogP contribution in [0, 0.1) is 12.8 Å². The van der Waals surface area contributed by atoms with E-state index in [4.69, 9.17) is 14.2 Å². The quantitative estimate of drug-likeness (QED) is 0.424. The number of nitrogens with one attached hydrogen (secondary N) is 1. The van der Waals surface area contributed by atoms with Gasteiger partial charge in [0.1, 0.15) is 11.7 Å². The van der Waals surface area contributed by atoms with Crippen molar-refractivity contribution in [3.8, 4) is 5.75 Å². The van der Waals surface area contributed by atoms with Crippen molar-refractivity contribution in [1.29, 1.82) is 0 Å². The minimum absolute atomic E-state index is 0.169. The summed E-state index contributed by atoms with van der Waals surface area (Å²) in [5.74, 6) is -2.71. The average molecular weight is 510 g/mol. The van der Waals surface area contributed by atoms with E-state index in [1.807, 2.05) is 49.6 Å². The van der Waals surface area contributed by atoms with Crippen LogP contribution in [0.4, 0.5) is 0 Å². The zero-order chi connectivity index (χ0) is 26.0. The van der Waals surface area contributed by atoms with Gasteiger partial charge in [0, 0.05) is 27.8 Å². The molecule has 8 heteroatoms. The van der Waals surface area contributed by atoms with Crippen LogP contribution in [0.15, 0.2) is 58.3 Å². The number of rotatable bonds is 7. The Hall–Kier alpha value is -3.39. The van der Waals surface area contributed by atoms with E-state index in [9.17, 15) is 14.4 Å². The lowest BCUT2D eigenvalue weighted by atomic mass is 9.68. The van der Waals surface area contributed by atoms with Gasteiger partial charge in [-0.1, -0.05) is 12.1 Å². The summed E-state index contributed by atoms with van der Waals surface area (Å²) in [6, 6.07) is 9.37. The van der Waals surface area contributed by atoms with Crippen molar-refractivity contribution in [2.24, 2.45) is 5.92 Å². The van der Waals surface area contributed by atoms with Gasteiger partial charge in [0.25, 0.3) is 0 Å². The molecule has 0 saturated heterocycles. The zero-order valence-electron chi connectivity index (χ0n) is 21.2. The maximum Gasteiger partial charge on any atom is 0.336 e. The van der Waals surface area contributed by atoms with Crippen LogP contribution < -0.4 is 10.1 Å². The van der Waals surface area contributed by atoms with Gasteiger partial charge in [-0.3, -0.25) is 9.59 Å². The van der Waals surface area contributed by atoms with Gasteiger partial charge < -0.3 is 19.5 Å². The molecular formula is C28H31NO6S. The Morgan fingerprint density at radius 2 is 1.75 bits per heavy atom. The second-order valence-corrected chi connectivity index (χ2v) is 9.80. The van der Waals surface area contributed by atoms with Crippen molar-refractivity contribution < 1.29 is 28.6 Å². The highest BCUT2D eigenvalue weighted by Gasteiger charge is 2.49. The van der Waals surface area contributed by atoms with Gasteiger partial charge in [-0.15, -0.1) is 11.3 Å². The van der Waals surface area contributed by atoms with Crippen LogP contribution in [0.25, 0.3) is 0 Å². The summed E-state index contributed by atoms with van der Waals surface area (Å²) in [6.45, 7) is 7.66. The first-order valence-electron chi connectivity index (χ1n) is 12.1. The minimum Gasteiger partial charge on any atom is -0.497 e. The van der Waals surface area contributed by atoms with E-state index in [2.05, 4.69) is 5.32 Å². The Kier molecular flexibility index (Phi) is 7.64. The van der Waals surface area contributed by atoms with E-state index in [0.29, 0.717) is 29.0 Å². The molecule has 0 radical (unpaired) electrons. The van der Waals surface area contributed by atoms with E-state index in [1.165, 1.54) is 11.3 Å². The number of carbonyl (C=O) groups excluding carboxylic acids is 3. The van der Waals surface area contributed by atoms with E-state index >= 15 is 0 Å². The number of ketones is 1. The molecule has 7 nitrogen and oxygen atoms in total. The molecule has 2 aromatic rings. The summed E-state index contributed by atoms with van der Waals surface area (Å²) in [6.07, 6.45) is 0.422. The van der Waals surface area contributed by atoms with Crippen LogP contribution in [0.1, 0.15) is 55.0 Å². The molecule has 36 heavy (non-hydrogen) atoms. The van der Waals surface area contributed by atoms with Gasteiger partial charge in [-0.2, -0.15) is 0 Å². The summed E-state index contributed by atoms with van der Waals surface area (Å²) >= 11 is 1.49. The molecule has 2 aliphatic rings. The number of esters is 2. The number of dihydropyridines is 1. The van der Waals surface area contributed by atoms with E-state index in [0.717, 1.165) is 21.7 Å². The Balaban J connectivity index is 1.87. The first-order chi connectivity index (χ1) is 17.3. The molecule has 0 fully saturated rings. The monoisotopic (exact) mass is 509 g/mol. The van der Waals surface area contributed by atoms with Crippen molar-refractivity contribution in [2.45, 2.75) is 46.0 Å². The molecule has 0 amide bonds. The molecule has 4 rings (SSSR count). The smallest absolute Gasteiger partial charge is 0.336 e. The van der Waals surface area contributed by atoms with Gasteiger partial charge in [-0.05, 0) is 68.8 Å². The molecular weight excluding hydrogens is 478 g/mol. The number of hydrogen-bond acceptors (Lipinski definition) is 8. The molecule has 0 saturated carbocycles. The number of allylic oxidation sites excluding steroid dienone is 3. The Morgan fingerprint density at radius 3 is 2.33 bits per heavy atom. The maximum absolute atomic E-state index is 14.2. The number of ether oxygens (including phenoxy) is 3. The van der Waals surface area contributed by atoms with Gasteiger partial charge in [0.2, 0.25) is 0 Å². The number of Topliss-reactive ketones (excluding diaryl/α,β-unsaturated/α-hetero) is 1. The first kappa shape index (κ1) is 25.7. The molecule has 0 spiro atoms. The highest BCUT2D eigenvalue weighted by atomic mass is 32.1. The summed E-state index contributed by atoms with van der Waals surface area (Å²) in [4.78, 5) is 41.5. The molecule has 0 bridgehead atoms. The van der Waals surface area contributed by atoms with Crippen molar-refractivity contribution in [3.05, 3.63) is 74.3 Å². The Bertz CT molecular complexity index is 1240. The second kappa shape index (κ2) is 10.7.